The Morgan fingerprint density at radius 2 is 2.19 bits per heavy atom. The van der Waals surface area contributed by atoms with Gasteiger partial charge < -0.3 is 14.6 Å². The SMILES string of the molecule is CNCc1cn2cc(N3CCC3)ccc2n1. The Kier molecular flexibility index (Phi) is 2.29. The molecule has 0 bridgehead atoms. The van der Waals surface area contributed by atoms with Crippen molar-refractivity contribution in [3.8, 4) is 0 Å². The van der Waals surface area contributed by atoms with Crippen LogP contribution in [0.25, 0.3) is 5.65 Å². The molecule has 1 N–H and O–H groups in total. The Morgan fingerprint density at radius 1 is 1.31 bits per heavy atom. The molecule has 0 unspecified atom stereocenters. The Hall–Kier alpha value is -1.55. The lowest BCUT2D eigenvalue weighted by molar-refractivity contribution is 0.616. The van der Waals surface area contributed by atoms with Crippen LogP contribution in [0.15, 0.2) is 24.5 Å². The predicted octanol–water partition coefficient (Wildman–Crippen LogP) is 1.26. The minimum atomic E-state index is 0.820. The van der Waals surface area contributed by atoms with Gasteiger partial charge in [-0.1, -0.05) is 0 Å². The summed E-state index contributed by atoms with van der Waals surface area (Å²) < 4.78 is 2.11. The highest BCUT2D eigenvalue weighted by Crippen LogP contribution is 2.21. The van der Waals surface area contributed by atoms with E-state index in [0.29, 0.717) is 0 Å². The number of imidazole rings is 1. The normalized spacial score (nSPS) is 15.4. The summed E-state index contributed by atoms with van der Waals surface area (Å²) in [6, 6.07) is 4.25. The molecule has 3 heterocycles. The highest BCUT2D eigenvalue weighted by atomic mass is 15.2. The van der Waals surface area contributed by atoms with Gasteiger partial charge in [-0.3, -0.25) is 0 Å². The first-order valence-corrected chi connectivity index (χ1v) is 5.74. The van der Waals surface area contributed by atoms with Gasteiger partial charge in [0.2, 0.25) is 0 Å². The van der Waals surface area contributed by atoms with Crippen molar-refractivity contribution >= 4 is 11.3 Å². The third-order valence-corrected chi connectivity index (χ3v) is 3.06. The summed E-state index contributed by atoms with van der Waals surface area (Å²) in [4.78, 5) is 6.91. The average Bonchev–Trinajstić information content (AvgIpc) is 2.57. The van der Waals surface area contributed by atoms with Crippen LogP contribution in [0.3, 0.4) is 0 Å². The molecular weight excluding hydrogens is 200 g/mol. The number of nitrogens with one attached hydrogen (secondary N) is 1. The van der Waals surface area contributed by atoms with Gasteiger partial charge in [0, 0.05) is 32.0 Å². The fourth-order valence-electron chi connectivity index (χ4n) is 2.06. The quantitative estimate of drug-likeness (QED) is 0.838. The van der Waals surface area contributed by atoms with Crippen molar-refractivity contribution in [2.75, 3.05) is 25.0 Å². The summed E-state index contributed by atoms with van der Waals surface area (Å²) in [5.74, 6) is 0. The Labute approximate surface area is 94.9 Å². The first-order valence-electron chi connectivity index (χ1n) is 5.74. The zero-order valence-electron chi connectivity index (χ0n) is 9.48. The van der Waals surface area contributed by atoms with Gasteiger partial charge in [0.15, 0.2) is 0 Å². The van der Waals surface area contributed by atoms with Crippen LogP contribution >= 0.6 is 0 Å². The molecule has 1 saturated heterocycles. The van der Waals surface area contributed by atoms with Gasteiger partial charge in [-0.25, -0.2) is 4.98 Å². The molecule has 2 aromatic rings. The van der Waals surface area contributed by atoms with Crippen LogP contribution in [0.4, 0.5) is 5.69 Å². The third kappa shape index (κ3) is 1.55. The van der Waals surface area contributed by atoms with Crippen LogP contribution < -0.4 is 10.2 Å². The molecule has 1 aliphatic rings. The van der Waals surface area contributed by atoms with E-state index in [2.05, 4.69) is 44.1 Å². The van der Waals surface area contributed by atoms with E-state index in [-0.39, 0.29) is 0 Å². The summed E-state index contributed by atoms with van der Waals surface area (Å²) in [5.41, 5.74) is 3.41. The van der Waals surface area contributed by atoms with Crippen LogP contribution in [0, 0.1) is 0 Å². The van der Waals surface area contributed by atoms with E-state index >= 15 is 0 Å². The predicted molar refractivity (Wildman–Crippen MR) is 64.8 cm³/mol. The van der Waals surface area contributed by atoms with Crippen LogP contribution in [-0.4, -0.2) is 29.5 Å². The molecule has 84 valence electrons. The minimum Gasteiger partial charge on any atom is -0.370 e. The van der Waals surface area contributed by atoms with E-state index in [0.717, 1.165) is 17.9 Å². The lowest BCUT2D eigenvalue weighted by atomic mass is 10.2. The maximum atomic E-state index is 4.53. The summed E-state index contributed by atoms with van der Waals surface area (Å²) in [7, 11) is 1.94. The number of anilines is 1. The maximum Gasteiger partial charge on any atom is 0.137 e. The fraction of sp³-hybridized carbons (Fsp3) is 0.417. The summed E-state index contributed by atoms with van der Waals surface area (Å²) in [5, 5.41) is 3.12. The number of pyridine rings is 1. The van der Waals surface area contributed by atoms with E-state index in [9.17, 15) is 0 Å². The molecule has 2 aromatic heterocycles. The van der Waals surface area contributed by atoms with Gasteiger partial charge >= 0.3 is 0 Å². The van der Waals surface area contributed by atoms with E-state index in [4.69, 9.17) is 0 Å². The first-order chi connectivity index (χ1) is 7.86. The van der Waals surface area contributed by atoms with E-state index in [1.54, 1.807) is 0 Å². The molecule has 1 fully saturated rings. The molecule has 0 saturated carbocycles. The van der Waals surface area contributed by atoms with Crippen LogP contribution in [0.2, 0.25) is 0 Å². The molecule has 0 aromatic carbocycles. The molecular formula is C12H16N4. The zero-order valence-corrected chi connectivity index (χ0v) is 9.48. The van der Waals surface area contributed by atoms with Crippen molar-refractivity contribution in [2.45, 2.75) is 13.0 Å². The largest absolute Gasteiger partial charge is 0.370 e. The van der Waals surface area contributed by atoms with Crippen LogP contribution in [0.1, 0.15) is 12.1 Å². The molecule has 4 nitrogen and oxygen atoms in total. The van der Waals surface area contributed by atoms with E-state index in [1.165, 1.54) is 25.2 Å². The van der Waals surface area contributed by atoms with Gasteiger partial charge in [0.25, 0.3) is 0 Å². The minimum absolute atomic E-state index is 0.820. The van der Waals surface area contributed by atoms with Gasteiger partial charge in [0.05, 0.1) is 11.4 Å². The van der Waals surface area contributed by atoms with Crippen molar-refractivity contribution < 1.29 is 0 Å². The molecule has 3 rings (SSSR count). The monoisotopic (exact) mass is 216 g/mol. The smallest absolute Gasteiger partial charge is 0.137 e. The van der Waals surface area contributed by atoms with Crippen LogP contribution in [0.5, 0.6) is 0 Å². The summed E-state index contributed by atoms with van der Waals surface area (Å²) in [6.07, 6.45) is 5.57. The number of hydrogen-bond acceptors (Lipinski definition) is 3. The molecule has 16 heavy (non-hydrogen) atoms. The topological polar surface area (TPSA) is 32.6 Å². The van der Waals surface area contributed by atoms with Crippen molar-refractivity contribution in [1.82, 2.24) is 14.7 Å². The Bertz CT molecular complexity index is 499. The molecule has 1 aliphatic heterocycles. The lowest BCUT2D eigenvalue weighted by Crippen LogP contribution is -2.37. The standard InChI is InChI=1S/C12H16N4/c1-13-7-10-8-16-9-11(15-5-2-6-15)3-4-12(16)14-10/h3-4,8-9,13H,2,5-7H2,1H3. The van der Waals surface area contributed by atoms with Crippen molar-refractivity contribution in [3.05, 3.63) is 30.2 Å². The molecule has 0 spiro atoms. The third-order valence-electron chi connectivity index (χ3n) is 3.06. The maximum absolute atomic E-state index is 4.53. The zero-order chi connectivity index (χ0) is 11.0. The first kappa shape index (κ1) is 9.66. The van der Waals surface area contributed by atoms with Gasteiger partial charge in [-0.2, -0.15) is 0 Å². The number of aromatic nitrogens is 2. The Morgan fingerprint density at radius 3 is 2.88 bits per heavy atom. The van der Waals surface area contributed by atoms with Crippen molar-refractivity contribution in [3.63, 3.8) is 0 Å². The van der Waals surface area contributed by atoms with Gasteiger partial charge in [-0.15, -0.1) is 0 Å². The molecule has 4 heteroatoms. The Balaban J connectivity index is 1.96. The van der Waals surface area contributed by atoms with Crippen LogP contribution in [-0.2, 0) is 6.54 Å². The molecule has 0 aliphatic carbocycles. The number of nitrogens with zero attached hydrogens (tertiary/aromatic N) is 3. The van der Waals surface area contributed by atoms with Gasteiger partial charge in [-0.05, 0) is 25.6 Å². The number of rotatable bonds is 3. The summed E-state index contributed by atoms with van der Waals surface area (Å²) >= 11 is 0. The second-order valence-electron chi connectivity index (χ2n) is 4.26. The van der Waals surface area contributed by atoms with E-state index in [1.807, 2.05) is 7.05 Å². The second-order valence-corrected chi connectivity index (χ2v) is 4.26. The van der Waals surface area contributed by atoms with E-state index < -0.39 is 0 Å². The average molecular weight is 216 g/mol. The molecule has 0 amide bonds. The highest BCUT2D eigenvalue weighted by Gasteiger charge is 2.14. The fourth-order valence-corrected chi connectivity index (χ4v) is 2.06. The molecule has 0 radical (unpaired) electrons. The van der Waals surface area contributed by atoms with Gasteiger partial charge in [0.1, 0.15) is 5.65 Å². The highest BCUT2D eigenvalue weighted by molar-refractivity contribution is 5.53. The number of hydrogen-bond donors (Lipinski definition) is 1. The summed E-state index contributed by atoms with van der Waals surface area (Å²) in [6.45, 7) is 3.19. The second kappa shape index (κ2) is 3.79. The number of fused-ring (bicyclic) bond motifs is 1. The van der Waals surface area contributed by atoms with Crippen molar-refractivity contribution in [1.29, 1.82) is 0 Å². The molecule has 0 atom stereocenters. The van der Waals surface area contributed by atoms with Crippen molar-refractivity contribution in [2.24, 2.45) is 0 Å². The lowest BCUT2D eigenvalue weighted by Gasteiger charge is -2.33.